The van der Waals surface area contributed by atoms with Crippen LogP contribution < -0.4 is 20.5 Å². The third-order valence-corrected chi connectivity index (χ3v) is 4.18. The van der Waals surface area contributed by atoms with E-state index in [9.17, 15) is 4.79 Å². The number of nitrogens with one attached hydrogen (secondary N) is 1. The molecule has 0 unspecified atom stereocenters. The van der Waals surface area contributed by atoms with Crippen LogP contribution in [0.25, 0.3) is 0 Å². The number of carbonyl (C=O) groups excluding carboxylic acids is 1. The molecule has 0 fully saturated rings. The van der Waals surface area contributed by atoms with Crippen LogP contribution in [0.5, 0.6) is 11.5 Å². The summed E-state index contributed by atoms with van der Waals surface area (Å²) in [5, 5.41) is 7.21. The van der Waals surface area contributed by atoms with Gasteiger partial charge >= 0.3 is 0 Å². The molecule has 0 spiro atoms. The quantitative estimate of drug-likeness (QED) is 0.894. The van der Waals surface area contributed by atoms with Crippen molar-refractivity contribution in [2.24, 2.45) is 7.05 Å². The first-order valence-electron chi connectivity index (χ1n) is 7.81. The zero-order valence-corrected chi connectivity index (χ0v) is 14.3. The third-order valence-electron chi connectivity index (χ3n) is 4.18. The second kappa shape index (κ2) is 5.74. The second-order valence-electron chi connectivity index (χ2n) is 6.41. The summed E-state index contributed by atoms with van der Waals surface area (Å²) in [6, 6.07) is 5.68. The Bertz CT molecular complexity index is 795. The molecule has 0 atom stereocenters. The predicted molar refractivity (Wildman–Crippen MR) is 90.3 cm³/mol. The average Bonchev–Trinajstić information content (AvgIpc) is 2.79. The molecule has 7 nitrogen and oxygen atoms in total. The van der Waals surface area contributed by atoms with Gasteiger partial charge in [0, 0.05) is 7.05 Å². The fourth-order valence-electron chi connectivity index (χ4n) is 2.81. The lowest BCUT2D eigenvalue weighted by Gasteiger charge is -2.28. The highest BCUT2D eigenvalue weighted by Gasteiger charge is 2.28. The Balaban J connectivity index is 1.86. The Kier molecular flexibility index (Phi) is 3.87. The molecule has 0 saturated heterocycles. The summed E-state index contributed by atoms with van der Waals surface area (Å²) >= 11 is 0. The summed E-state index contributed by atoms with van der Waals surface area (Å²) < 4.78 is 12.7. The molecule has 2 heterocycles. The molecule has 0 aliphatic carbocycles. The Morgan fingerprint density at radius 3 is 2.58 bits per heavy atom. The molecule has 1 aliphatic heterocycles. The molecule has 3 rings (SSSR count). The minimum absolute atomic E-state index is 0.252. The van der Waals surface area contributed by atoms with Crippen LogP contribution in [0.2, 0.25) is 0 Å². The number of nitrogens with zero attached hydrogens (tertiary/aromatic N) is 2. The van der Waals surface area contributed by atoms with Gasteiger partial charge in [-0.05, 0) is 38.5 Å². The first kappa shape index (κ1) is 16.2. The molecule has 0 bridgehead atoms. The van der Waals surface area contributed by atoms with Crippen molar-refractivity contribution in [3.63, 3.8) is 0 Å². The van der Waals surface area contributed by atoms with Crippen LogP contribution in [0.3, 0.4) is 0 Å². The smallest absolute Gasteiger partial charge is 0.257 e. The first-order chi connectivity index (χ1) is 11.3. The summed E-state index contributed by atoms with van der Waals surface area (Å²) in [6.07, 6.45) is 0. The third kappa shape index (κ3) is 2.77. The molecule has 1 aromatic heterocycles. The Hall–Kier alpha value is -2.70. The number of ether oxygens (including phenoxy) is 2. The van der Waals surface area contributed by atoms with Gasteiger partial charge in [0.1, 0.15) is 24.6 Å². The molecule has 3 N–H and O–H groups in total. The number of anilines is 1. The largest absolute Gasteiger partial charge is 0.486 e. The van der Waals surface area contributed by atoms with Gasteiger partial charge in [0.2, 0.25) is 0 Å². The van der Waals surface area contributed by atoms with Crippen LogP contribution in [0.15, 0.2) is 18.2 Å². The number of rotatable bonds is 3. The van der Waals surface area contributed by atoms with Crippen molar-refractivity contribution in [1.29, 1.82) is 0 Å². The Morgan fingerprint density at radius 2 is 1.96 bits per heavy atom. The van der Waals surface area contributed by atoms with Gasteiger partial charge in [-0.2, -0.15) is 5.10 Å². The summed E-state index contributed by atoms with van der Waals surface area (Å²) in [4.78, 5) is 12.7. The van der Waals surface area contributed by atoms with Crippen molar-refractivity contribution in [1.82, 2.24) is 15.1 Å². The van der Waals surface area contributed by atoms with Gasteiger partial charge in [-0.15, -0.1) is 0 Å². The monoisotopic (exact) mass is 330 g/mol. The van der Waals surface area contributed by atoms with Crippen molar-refractivity contribution in [3.8, 4) is 11.5 Å². The highest BCUT2D eigenvalue weighted by Crippen LogP contribution is 2.34. The van der Waals surface area contributed by atoms with E-state index < -0.39 is 5.54 Å². The van der Waals surface area contributed by atoms with Crippen molar-refractivity contribution in [2.45, 2.75) is 26.3 Å². The van der Waals surface area contributed by atoms with E-state index in [2.05, 4.69) is 10.4 Å². The first-order valence-corrected chi connectivity index (χ1v) is 7.81. The predicted octanol–water partition coefficient (Wildman–Crippen LogP) is 1.75. The van der Waals surface area contributed by atoms with E-state index in [1.54, 1.807) is 14.0 Å². The maximum atomic E-state index is 12.7. The van der Waals surface area contributed by atoms with E-state index in [1.807, 2.05) is 32.0 Å². The standard InChI is InChI=1S/C17H22N4O3/c1-10-14(15(18)21(4)20-10)16(22)19-17(2,3)11-5-6-12-13(9-11)24-8-7-23-12/h5-6,9H,7-8,18H2,1-4H3,(H,19,22). The molecule has 2 aromatic rings. The Labute approximate surface area is 140 Å². The molecule has 1 aromatic carbocycles. The average molecular weight is 330 g/mol. The maximum absolute atomic E-state index is 12.7. The van der Waals surface area contributed by atoms with Crippen molar-refractivity contribution >= 4 is 11.7 Å². The Morgan fingerprint density at radius 1 is 1.29 bits per heavy atom. The maximum Gasteiger partial charge on any atom is 0.257 e. The van der Waals surface area contributed by atoms with E-state index in [0.29, 0.717) is 36.0 Å². The van der Waals surface area contributed by atoms with Crippen molar-refractivity contribution < 1.29 is 14.3 Å². The molecule has 1 aliphatic rings. The highest BCUT2D eigenvalue weighted by molar-refractivity contribution is 6.00. The van der Waals surface area contributed by atoms with Gasteiger partial charge in [-0.3, -0.25) is 9.48 Å². The fourth-order valence-corrected chi connectivity index (χ4v) is 2.81. The zero-order valence-electron chi connectivity index (χ0n) is 14.3. The van der Waals surface area contributed by atoms with E-state index in [0.717, 1.165) is 11.3 Å². The molecule has 7 heteroatoms. The van der Waals surface area contributed by atoms with E-state index in [-0.39, 0.29) is 5.91 Å². The van der Waals surface area contributed by atoms with E-state index >= 15 is 0 Å². The van der Waals surface area contributed by atoms with Crippen LogP contribution in [0.1, 0.15) is 35.5 Å². The minimum atomic E-state index is -0.609. The number of nitrogen functional groups attached to an aromatic ring is 1. The molecule has 0 radical (unpaired) electrons. The fraction of sp³-hybridized carbons (Fsp3) is 0.412. The number of amides is 1. The molecule has 0 saturated carbocycles. The summed E-state index contributed by atoms with van der Waals surface area (Å²) in [6.45, 7) is 6.69. The molecule has 128 valence electrons. The number of carbonyl (C=O) groups is 1. The lowest BCUT2D eigenvalue weighted by Crippen LogP contribution is -2.41. The van der Waals surface area contributed by atoms with Crippen LogP contribution >= 0.6 is 0 Å². The topological polar surface area (TPSA) is 91.4 Å². The van der Waals surface area contributed by atoms with Gasteiger partial charge in [-0.1, -0.05) is 6.07 Å². The summed E-state index contributed by atoms with van der Waals surface area (Å²) in [5.74, 6) is 1.51. The normalized spacial score (nSPS) is 13.7. The lowest BCUT2D eigenvalue weighted by atomic mass is 9.93. The number of fused-ring (bicyclic) bond motifs is 1. The van der Waals surface area contributed by atoms with Crippen molar-refractivity contribution in [2.75, 3.05) is 18.9 Å². The zero-order chi connectivity index (χ0) is 17.5. The molecule has 24 heavy (non-hydrogen) atoms. The number of nitrogens with two attached hydrogens (primary N) is 1. The number of benzene rings is 1. The number of aryl methyl sites for hydroxylation is 2. The van der Waals surface area contributed by atoms with Gasteiger partial charge in [0.05, 0.1) is 11.2 Å². The SMILES string of the molecule is Cc1nn(C)c(N)c1C(=O)NC(C)(C)c1ccc2c(c1)OCCO2. The number of hydrogen-bond acceptors (Lipinski definition) is 5. The van der Waals surface area contributed by atoms with Crippen molar-refractivity contribution in [3.05, 3.63) is 35.0 Å². The second-order valence-corrected chi connectivity index (χ2v) is 6.41. The molecular weight excluding hydrogens is 308 g/mol. The van der Waals surface area contributed by atoms with Crippen LogP contribution in [-0.4, -0.2) is 28.9 Å². The summed E-state index contributed by atoms with van der Waals surface area (Å²) in [5.41, 5.74) is 7.27. The lowest BCUT2D eigenvalue weighted by molar-refractivity contribution is 0.0912. The number of aromatic nitrogens is 2. The van der Waals surface area contributed by atoms with Crippen LogP contribution in [-0.2, 0) is 12.6 Å². The van der Waals surface area contributed by atoms with Gasteiger partial charge in [-0.25, -0.2) is 0 Å². The summed E-state index contributed by atoms with van der Waals surface area (Å²) in [7, 11) is 1.71. The number of hydrogen-bond donors (Lipinski definition) is 2. The van der Waals surface area contributed by atoms with E-state index in [1.165, 1.54) is 4.68 Å². The van der Waals surface area contributed by atoms with Gasteiger partial charge in [0.15, 0.2) is 11.5 Å². The van der Waals surface area contributed by atoms with Gasteiger partial charge in [0.25, 0.3) is 5.91 Å². The van der Waals surface area contributed by atoms with Gasteiger partial charge < -0.3 is 20.5 Å². The minimum Gasteiger partial charge on any atom is -0.486 e. The van der Waals surface area contributed by atoms with E-state index in [4.69, 9.17) is 15.2 Å². The highest BCUT2D eigenvalue weighted by atomic mass is 16.6. The van der Waals surface area contributed by atoms with Crippen LogP contribution in [0, 0.1) is 6.92 Å². The van der Waals surface area contributed by atoms with Crippen LogP contribution in [0.4, 0.5) is 5.82 Å². The molecule has 1 amide bonds. The molecular formula is C17H22N4O3.